The van der Waals surface area contributed by atoms with Gasteiger partial charge in [0.25, 0.3) is 0 Å². The zero-order valence-corrected chi connectivity index (χ0v) is 15.1. The molecular formula is C18H15BrN4O. The summed E-state index contributed by atoms with van der Waals surface area (Å²) in [4.78, 5) is 12.1. The van der Waals surface area contributed by atoms with Gasteiger partial charge in [-0.25, -0.2) is 4.98 Å². The fourth-order valence-electron chi connectivity index (χ4n) is 3.08. The number of rotatable bonds is 2. The molecule has 0 saturated carbocycles. The van der Waals surface area contributed by atoms with E-state index in [2.05, 4.69) is 55.1 Å². The molecule has 0 saturated heterocycles. The van der Waals surface area contributed by atoms with Crippen molar-refractivity contribution in [3.8, 4) is 22.3 Å². The summed E-state index contributed by atoms with van der Waals surface area (Å²) in [5, 5.41) is 4.08. The Morgan fingerprint density at radius 2 is 1.96 bits per heavy atom. The first-order valence-corrected chi connectivity index (χ1v) is 8.37. The van der Waals surface area contributed by atoms with E-state index >= 15 is 0 Å². The molecule has 3 heterocycles. The average Bonchev–Trinajstić information content (AvgIpc) is 3.08. The van der Waals surface area contributed by atoms with Crippen molar-refractivity contribution < 1.29 is 4.52 Å². The summed E-state index contributed by atoms with van der Waals surface area (Å²) < 4.78 is 6.04. The fraction of sp³-hybridized carbons (Fsp3) is 0.167. The molecule has 24 heavy (non-hydrogen) atoms. The van der Waals surface area contributed by atoms with E-state index in [1.54, 1.807) is 6.20 Å². The van der Waals surface area contributed by atoms with Crippen LogP contribution in [0, 0.1) is 20.8 Å². The molecule has 4 aromatic rings. The van der Waals surface area contributed by atoms with Gasteiger partial charge in [0.2, 0.25) is 0 Å². The molecule has 3 aromatic heterocycles. The van der Waals surface area contributed by atoms with E-state index in [1.165, 1.54) is 0 Å². The maximum absolute atomic E-state index is 5.34. The van der Waals surface area contributed by atoms with Crippen LogP contribution in [0.25, 0.3) is 33.3 Å². The molecule has 0 bridgehead atoms. The van der Waals surface area contributed by atoms with Gasteiger partial charge < -0.3 is 9.51 Å². The monoisotopic (exact) mass is 382 g/mol. The van der Waals surface area contributed by atoms with Crippen LogP contribution in [0.3, 0.4) is 0 Å². The maximum Gasteiger partial charge on any atom is 0.175 e. The van der Waals surface area contributed by atoms with E-state index in [0.717, 1.165) is 50.3 Å². The molecule has 0 fully saturated rings. The van der Waals surface area contributed by atoms with Gasteiger partial charge in [-0.3, -0.25) is 4.98 Å². The van der Waals surface area contributed by atoms with Crippen LogP contribution < -0.4 is 0 Å². The molecule has 0 radical (unpaired) electrons. The summed E-state index contributed by atoms with van der Waals surface area (Å²) in [5.41, 5.74) is 8.07. The van der Waals surface area contributed by atoms with E-state index in [0.29, 0.717) is 4.73 Å². The van der Waals surface area contributed by atoms with Gasteiger partial charge in [-0.2, -0.15) is 0 Å². The predicted octanol–water partition coefficient (Wildman–Crippen LogP) is 4.97. The number of nitrogens with one attached hydrogen (secondary N) is 1. The third-order valence-corrected chi connectivity index (χ3v) is 4.58. The molecule has 0 amide bonds. The number of hydrogen-bond donors (Lipinski definition) is 1. The van der Waals surface area contributed by atoms with Crippen molar-refractivity contribution in [1.29, 1.82) is 0 Å². The van der Waals surface area contributed by atoms with Crippen LogP contribution in [0.1, 0.15) is 17.0 Å². The van der Waals surface area contributed by atoms with Gasteiger partial charge in [0.15, 0.2) is 4.73 Å². The molecule has 5 nitrogen and oxygen atoms in total. The Hall–Kier alpha value is -2.47. The lowest BCUT2D eigenvalue weighted by atomic mass is 9.95. The minimum atomic E-state index is 0.705. The van der Waals surface area contributed by atoms with E-state index in [1.807, 2.05) is 26.1 Å². The molecule has 0 aliphatic carbocycles. The summed E-state index contributed by atoms with van der Waals surface area (Å²) in [6.45, 7) is 5.96. The zero-order valence-electron chi connectivity index (χ0n) is 13.5. The summed E-state index contributed by atoms with van der Waals surface area (Å²) in [6, 6.07) is 6.21. The van der Waals surface area contributed by atoms with Crippen molar-refractivity contribution in [2.45, 2.75) is 20.8 Å². The van der Waals surface area contributed by atoms with Crippen molar-refractivity contribution in [2.24, 2.45) is 0 Å². The fourth-order valence-corrected chi connectivity index (χ4v) is 3.47. The second-order valence-electron chi connectivity index (χ2n) is 5.84. The quantitative estimate of drug-likeness (QED) is 0.531. The Kier molecular flexibility index (Phi) is 3.49. The minimum Gasteiger partial charge on any atom is -0.361 e. The Bertz CT molecular complexity index is 1040. The third-order valence-electron chi connectivity index (χ3n) is 4.21. The van der Waals surface area contributed by atoms with Crippen molar-refractivity contribution in [2.75, 3.05) is 0 Å². The first-order chi connectivity index (χ1) is 11.5. The van der Waals surface area contributed by atoms with E-state index < -0.39 is 0 Å². The normalized spacial score (nSPS) is 11.3. The number of benzene rings is 1. The van der Waals surface area contributed by atoms with Gasteiger partial charge in [-0.05, 0) is 66.0 Å². The lowest BCUT2D eigenvalue weighted by molar-refractivity contribution is 0.393. The number of imidazole rings is 1. The number of aromatic amines is 1. The number of fused-ring (bicyclic) bond motifs is 1. The van der Waals surface area contributed by atoms with Crippen LogP contribution in [-0.4, -0.2) is 20.1 Å². The molecule has 4 rings (SSSR count). The molecule has 0 aliphatic heterocycles. The molecule has 0 spiro atoms. The minimum absolute atomic E-state index is 0.705. The van der Waals surface area contributed by atoms with Gasteiger partial charge >= 0.3 is 0 Å². The molecule has 1 N–H and O–H groups in total. The number of H-pyrrole nitrogens is 1. The van der Waals surface area contributed by atoms with Gasteiger partial charge in [0, 0.05) is 29.1 Å². The summed E-state index contributed by atoms with van der Waals surface area (Å²) >= 11 is 3.44. The molecule has 0 unspecified atom stereocenters. The van der Waals surface area contributed by atoms with E-state index in [4.69, 9.17) is 4.52 Å². The number of pyridine rings is 1. The van der Waals surface area contributed by atoms with Crippen LogP contribution in [0.15, 0.2) is 39.8 Å². The van der Waals surface area contributed by atoms with Crippen molar-refractivity contribution >= 4 is 27.0 Å². The van der Waals surface area contributed by atoms with Crippen molar-refractivity contribution in [1.82, 2.24) is 20.1 Å². The Labute approximate surface area is 147 Å². The molecule has 120 valence electrons. The standard InChI is InChI=1S/C18H15BrN4O/c1-9-4-5-20-8-14(9)13-6-12(16-10(2)23-24-11(16)3)7-15-17(13)22-18(19)21-15/h4-8H,1-3H3,(H,21,22). The SMILES string of the molecule is Cc1ccncc1-c1cc(-c2c(C)noc2C)cc2[nH]c(Br)nc12. The van der Waals surface area contributed by atoms with Crippen LogP contribution in [0.2, 0.25) is 0 Å². The smallest absolute Gasteiger partial charge is 0.175 e. The summed E-state index contributed by atoms with van der Waals surface area (Å²) in [6.07, 6.45) is 3.68. The lowest BCUT2D eigenvalue weighted by Gasteiger charge is -2.09. The van der Waals surface area contributed by atoms with Crippen molar-refractivity contribution in [3.63, 3.8) is 0 Å². The number of halogens is 1. The van der Waals surface area contributed by atoms with Crippen molar-refractivity contribution in [3.05, 3.63) is 52.3 Å². The predicted molar refractivity (Wildman–Crippen MR) is 96.7 cm³/mol. The number of aryl methyl sites for hydroxylation is 3. The number of hydrogen-bond acceptors (Lipinski definition) is 4. The second kappa shape index (κ2) is 5.56. The third kappa shape index (κ3) is 2.34. The molecule has 6 heteroatoms. The van der Waals surface area contributed by atoms with Crippen LogP contribution in [-0.2, 0) is 0 Å². The highest BCUT2D eigenvalue weighted by molar-refractivity contribution is 9.10. The number of nitrogens with zero attached hydrogens (tertiary/aromatic N) is 3. The Morgan fingerprint density at radius 3 is 2.67 bits per heavy atom. The van der Waals surface area contributed by atoms with E-state index in [9.17, 15) is 0 Å². The molecule has 0 atom stereocenters. The largest absolute Gasteiger partial charge is 0.361 e. The van der Waals surface area contributed by atoms with E-state index in [-0.39, 0.29) is 0 Å². The molecule has 0 aliphatic rings. The lowest BCUT2D eigenvalue weighted by Crippen LogP contribution is -1.90. The zero-order chi connectivity index (χ0) is 16.8. The average molecular weight is 383 g/mol. The highest BCUT2D eigenvalue weighted by Crippen LogP contribution is 2.36. The van der Waals surface area contributed by atoms with Gasteiger partial charge in [0.05, 0.1) is 16.7 Å². The van der Waals surface area contributed by atoms with Gasteiger partial charge in [0.1, 0.15) is 5.76 Å². The van der Waals surface area contributed by atoms with Gasteiger partial charge in [-0.1, -0.05) is 5.16 Å². The first-order valence-electron chi connectivity index (χ1n) is 7.58. The van der Waals surface area contributed by atoms with Crippen LogP contribution in [0.4, 0.5) is 0 Å². The van der Waals surface area contributed by atoms with Crippen LogP contribution in [0.5, 0.6) is 0 Å². The molecular weight excluding hydrogens is 368 g/mol. The highest BCUT2D eigenvalue weighted by atomic mass is 79.9. The summed E-state index contributed by atoms with van der Waals surface area (Å²) in [5.74, 6) is 0.805. The highest BCUT2D eigenvalue weighted by Gasteiger charge is 2.17. The Balaban J connectivity index is 2.07. The summed E-state index contributed by atoms with van der Waals surface area (Å²) in [7, 11) is 0. The van der Waals surface area contributed by atoms with Gasteiger partial charge in [-0.15, -0.1) is 0 Å². The topological polar surface area (TPSA) is 67.6 Å². The second-order valence-corrected chi connectivity index (χ2v) is 6.59. The molecule has 1 aromatic carbocycles. The number of aromatic nitrogens is 4. The van der Waals surface area contributed by atoms with Crippen LogP contribution >= 0.6 is 15.9 Å². The first kappa shape index (κ1) is 15.1. The maximum atomic E-state index is 5.34. The Morgan fingerprint density at radius 1 is 1.12 bits per heavy atom.